The summed E-state index contributed by atoms with van der Waals surface area (Å²) in [7, 11) is 0. The van der Waals surface area contributed by atoms with Crippen molar-refractivity contribution < 1.29 is 24.6 Å². The van der Waals surface area contributed by atoms with Crippen LogP contribution in [0.5, 0.6) is 0 Å². The summed E-state index contributed by atoms with van der Waals surface area (Å²) in [5, 5.41) is 17.4. The van der Waals surface area contributed by atoms with Crippen molar-refractivity contribution in [2.45, 2.75) is 12.8 Å². The fraction of sp³-hybridized carbons (Fsp3) is 0.250. The van der Waals surface area contributed by atoms with Crippen LogP contribution in [0.15, 0.2) is 30.3 Å². The van der Waals surface area contributed by atoms with E-state index in [2.05, 4.69) is 0 Å². The van der Waals surface area contributed by atoms with Gasteiger partial charge in [0.2, 0.25) is 0 Å². The van der Waals surface area contributed by atoms with Gasteiger partial charge in [-0.1, -0.05) is 30.3 Å². The zero-order chi connectivity index (χ0) is 12.8. The van der Waals surface area contributed by atoms with Crippen LogP contribution < -0.4 is 0 Å². The lowest BCUT2D eigenvalue weighted by atomic mass is 9.94. The Balaban J connectivity index is 2.77. The Morgan fingerprint density at radius 2 is 1.65 bits per heavy atom. The third kappa shape index (κ3) is 4.06. The van der Waals surface area contributed by atoms with Crippen molar-refractivity contribution in [2.75, 3.05) is 0 Å². The van der Waals surface area contributed by atoms with Gasteiger partial charge in [-0.2, -0.15) is 0 Å². The van der Waals surface area contributed by atoms with Gasteiger partial charge in [0.15, 0.2) is 5.78 Å². The normalized spacial score (nSPS) is 11.8. The number of ketones is 1. The molecule has 0 bridgehead atoms. The molecule has 0 aliphatic heterocycles. The molecule has 0 saturated heterocycles. The van der Waals surface area contributed by atoms with Crippen molar-refractivity contribution in [1.82, 2.24) is 0 Å². The van der Waals surface area contributed by atoms with E-state index in [0.717, 1.165) is 0 Å². The standard InChI is InChI=1S/C12H12O5/c13-10(7-11(14)15)9(12(16)17)6-8-4-2-1-3-5-8/h1-5,9H,6-7H2,(H,14,15)(H,16,17). The summed E-state index contributed by atoms with van der Waals surface area (Å²) < 4.78 is 0. The van der Waals surface area contributed by atoms with Crippen molar-refractivity contribution in [3.63, 3.8) is 0 Å². The van der Waals surface area contributed by atoms with Crippen LogP contribution in [0.4, 0.5) is 0 Å². The van der Waals surface area contributed by atoms with Crippen LogP contribution in [0.2, 0.25) is 0 Å². The molecule has 5 heteroatoms. The van der Waals surface area contributed by atoms with Gasteiger partial charge >= 0.3 is 11.9 Å². The molecule has 0 aliphatic rings. The lowest BCUT2D eigenvalue weighted by molar-refractivity contribution is -0.148. The zero-order valence-corrected chi connectivity index (χ0v) is 9.00. The molecule has 0 aromatic heterocycles. The van der Waals surface area contributed by atoms with Crippen molar-refractivity contribution in [3.8, 4) is 0 Å². The largest absolute Gasteiger partial charge is 0.481 e. The van der Waals surface area contributed by atoms with Gasteiger partial charge in [0.05, 0.1) is 0 Å². The Morgan fingerprint density at radius 1 is 1.06 bits per heavy atom. The fourth-order valence-corrected chi connectivity index (χ4v) is 1.46. The summed E-state index contributed by atoms with van der Waals surface area (Å²) in [5.74, 6) is -4.68. The second-order valence-corrected chi connectivity index (χ2v) is 3.62. The molecule has 0 aliphatic carbocycles. The fourth-order valence-electron chi connectivity index (χ4n) is 1.46. The van der Waals surface area contributed by atoms with E-state index in [1.165, 1.54) is 0 Å². The van der Waals surface area contributed by atoms with Crippen LogP contribution >= 0.6 is 0 Å². The molecule has 0 amide bonds. The third-order valence-electron chi connectivity index (χ3n) is 2.29. The van der Waals surface area contributed by atoms with E-state index in [1.54, 1.807) is 30.3 Å². The van der Waals surface area contributed by atoms with Gasteiger partial charge < -0.3 is 10.2 Å². The van der Waals surface area contributed by atoms with E-state index >= 15 is 0 Å². The number of carbonyl (C=O) groups is 3. The van der Waals surface area contributed by atoms with Gasteiger partial charge in [-0.05, 0) is 12.0 Å². The maximum absolute atomic E-state index is 11.4. The van der Waals surface area contributed by atoms with Gasteiger partial charge in [-0.25, -0.2) is 0 Å². The smallest absolute Gasteiger partial charge is 0.314 e. The number of carboxylic acids is 2. The van der Waals surface area contributed by atoms with E-state index < -0.39 is 30.1 Å². The van der Waals surface area contributed by atoms with Crippen LogP contribution in [0.3, 0.4) is 0 Å². The molecule has 2 N–H and O–H groups in total. The molecule has 0 radical (unpaired) electrons. The SMILES string of the molecule is O=C(O)CC(=O)C(Cc1ccccc1)C(=O)O. The number of carbonyl (C=O) groups excluding carboxylic acids is 1. The van der Waals surface area contributed by atoms with E-state index in [0.29, 0.717) is 5.56 Å². The minimum absolute atomic E-state index is 0.0162. The molecule has 1 rings (SSSR count). The molecule has 90 valence electrons. The van der Waals surface area contributed by atoms with Crippen molar-refractivity contribution in [1.29, 1.82) is 0 Å². The van der Waals surface area contributed by atoms with E-state index in [-0.39, 0.29) is 6.42 Å². The second-order valence-electron chi connectivity index (χ2n) is 3.62. The van der Waals surface area contributed by atoms with E-state index in [4.69, 9.17) is 10.2 Å². The summed E-state index contributed by atoms with van der Waals surface area (Å²) in [6.07, 6.45) is -0.744. The number of aliphatic carboxylic acids is 2. The van der Waals surface area contributed by atoms with Crippen molar-refractivity contribution in [3.05, 3.63) is 35.9 Å². The van der Waals surface area contributed by atoms with Gasteiger partial charge in [0.25, 0.3) is 0 Å². The molecule has 5 nitrogen and oxygen atoms in total. The summed E-state index contributed by atoms with van der Waals surface area (Å²) >= 11 is 0. The first-order valence-electron chi connectivity index (χ1n) is 5.02. The number of benzene rings is 1. The minimum atomic E-state index is -1.31. The van der Waals surface area contributed by atoms with Crippen LogP contribution in [0.25, 0.3) is 0 Å². The topological polar surface area (TPSA) is 91.7 Å². The molecule has 1 atom stereocenters. The van der Waals surface area contributed by atoms with Crippen molar-refractivity contribution in [2.24, 2.45) is 5.92 Å². The molecule has 17 heavy (non-hydrogen) atoms. The number of hydrogen-bond acceptors (Lipinski definition) is 3. The number of Topliss-reactive ketones (excluding diaryl/α,β-unsaturated/α-hetero) is 1. The predicted molar refractivity (Wildman–Crippen MR) is 58.5 cm³/mol. The van der Waals surface area contributed by atoms with Crippen LogP contribution in [0, 0.1) is 5.92 Å². The van der Waals surface area contributed by atoms with Crippen molar-refractivity contribution >= 4 is 17.7 Å². The highest BCUT2D eigenvalue weighted by Gasteiger charge is 2.27. The van der Waals surface area contributed by atoms with Crippen LogP contribution in [0.1, 0.15) is 12.0 Å². The quantitative estimate of drug-likeness (QED) is 0.718. The number of carboxylic acid groups (broad SMARTS) is 2. The van der Waals surface area contributed by atoms with E-state index in [9.17, 15) is 14.4 Å². The maximum Gasteiger partial charge on any atom is 0.314 e. The Kier molecular flexibility index (Phi) is 4.39. The van der Waals surface area contributed by atoms with E-state index in [1.807, 2.05) is 0 Å². The second kappa shape index (κ2) is 5.79. The molecular weight excluding hydrogens is 224 g/mol. The average Bonchev–Trinajstić information content (AvgIpc) is 2.25. The molecule has 0 saturated carbocycles. The summed E-state index contributed by atoms with van der Waals surface area (Å²) in [5.41, 5.74) is 0.693. The monoisotopic (exact) mass is 236 g/mol. The van der Waals surface area contributed by atoms with Gasteiger partial charge in [-0.15, -0.1) is 0 Å². The Labute approximate surface area is 97.7 Å². The summed E-state index contributed by atoms with van der Waals surface area (Å²) in [6.45, 7) is 0. The number of rotatable bonds is 6. The molecule has 0 fully saturated rings. The average molecular weight is 236 g/mol. The predicted octanol–water partition coefficient (Wildman–Crippen LogP) is 0.974. The first-order chi connectivity index (χ1) is 8.00. The molecule has 1 aromatic rings. The first kappa shape index (κ1) is 12.9. The highest BCUT2D eigenvalue weighted by molar-refractivity contribution is 6.05. The molecule has 0 spiro atoms. The zero-order valence-electron chi connectivity index (χ0n) is 9.00. The lowest BCUT2D eigenvalue weighted by Crippen LogP contribution is -2.27. The van der Waals surface area contributed by atoms with Gasteiger partial charge in [0.1, 0.15) is 12.3 Å². The van der Waals surface area contributed by atoms with Gasteiger partial charge in [0, 0.05) is 0 Å². The number of hydrogen-bond donors (Lipinski definition) is 2. The molecular formula is C12H12O5. The highest BCUT2D eigenvalue weighted by atomic mass is 16.4. The summed E-state index contributed by atoms with van der Waals surface area (Å²) in [6, 6.07) is 8.64. The lowest BCUT2D eigenvalue weighted by Gasteiger charge is -2.09. The van der Waals surface area contributed by atoms with Crippen LogP contribution in [-0.2, 0) is 20.8 Å². The summed E-state index contributed by atoms with van der Waals surface area (Å²) in [4.78, 5) is 32.7. The third-order valence-corrected chi connectivity index (χ3v) is 2.29. The minimum Gasteiger partial charge on any atom is -0.481 e. The maximum atomic E-state index is 11.4. The first-order valence-corrected chi connectivity index (χ1v) is 5.02. The van der Waals surface area contributed by atoms with Crippen LogP contribution in [-0.4, -0.2) is 27.9 Å². The van der Waals surface area contributed by atoms with Gasteiger partial charge in [-0.3, -0.25) is 14.4 Å². The molecule has 1 aromatic carbocycles. The Hall–Kier alpha value is -2.17. The Bertz CT molecular complexity index is 424. The molecule has 1 unspecified atom stereocenters. The highest BCUT2D eigenvalue weighted by Crippen LogP contribution is 2.12. The molecule has 0 heterocycles. The Morgan fingerprint density at radius 3 is 2.12 bits per heavy atom.